The number of ketones is 1. The molecule has 0 heterocycles. The van der Waals surface area contributed by atoms with Crippen LogP contribution in [0.2, 0.25) is 15.1 Å². The Morgan fingerprint density at radius 3 is 1.85 bits per heavy atom. The standard InChI is InChI=1S/C26H14Cl3F10NO/c27-19-8-13(9-20(28)23(19)29)17(25(34,35)36)10-21(30)12-1-6-16(18(7-12)26(37,38)39)22(41)11-40-15-4-2-14(3-5-15)24(31,32)33/h1-10,17,40H,11H2/b21-10-. The Kier molecular flexibility index (Phi) is 9.61. The fourth-order valence-electron chi connectivity index (χ4n) is 3.60. The summed E-state index contributed by atoms with van der Waals surface area (Å²) in [5.41, 5.74) is -5.13. The van der Waals surface area contributed by atoms with Crippen LogP contribution < -0.4 is 5.32 Å². The summed E-state index contributed by atoms with van der Waals surface area (Å²) in [4.78, 5) is 12.5. The van der Waals surface area contributed by atoms with E-state index in [0.29, 0.717) is 24.3 Å². The van der Waals surface area contributed by atoms with Crippen molar-refractivity contribution in [3.05, 3.63) is 104 Å². The molecule has 0 aliphatic heterocycles. The third-order valence-corrected chi connectivity index (χ3v) is 6.79. The van der Waals surface area contributed by atoms with Crippen LogP contribution in [0, 0.1) is 0 Å². The quantitative estimate of drug-likeness (QED) is 0.156. The number of Topliss-reactive ketones (excluding diaryl/α,β-unsaturated/α-hetero) is 1. The summed E-state index contributed by atoms with van der Waals surface area (Å²) in [6.07, 6.45) is -14.9. The molecule has 0 fully saturated rings. The molecule has 0 saturated carbocycles. The van der Waals surface area contributed by atoms with E-state index in [0.717, 1.165) is 24.3 Å². The maximum atomic E-state index is 15.0. The van der Waals surface area contributed by atoms with Crippen LogP contribution in [0.25, 0.3) is 5.83 Å². The molecule has 3 aromatic rings. The van der Waals surface area contributed by atoms with Gasteiger partial charge in [0.25, 0.3) is 0 Å². The number of hydrogen-bond donors (Lipinski definition) is 1. The van der Waals surface area contributed by atoms with E-state index in [1.807, 2.05) is 0 Å². The molecule has 0 saturated heterocycles. The lowest BCUT2D eigenvalue weighted by Crippen LogP contribution is -2.20. The lowest BCUT2D eigenvalue weighted by atomic mass is 9.95. The normalized spacial score (nSPS) is 13.7. The Labute approximate surface area is 240 Å². The minimum atomic E-state index is -5.23. The van der Waals surface area contributed by atoms with Crippen LogP contribution >= 0.6 is 34.8 Å². The first-order valence-corrected chi connectivity index (χ1v) is 12.2. The molecule has 220 valence electrons. The number of alkyl halides is 9. The maximum absolute atomic E-state index is 15.0. The van der Waals surface area contributed by atoms with Crippen molar-refractivity contribution in [3.8, 4) is 0 Å². The van der Waals surface area contributed by atoms with Crippen molar-refractivity contribution >= 4 is 52.1 Å². The topological polar surface area (TPSA) is 29.1 Å². The molecule has 0 bridgehead atoms. The minimum Gasteiger partial charge on any atom is -0.378 e. The highest BCUT2D eigenvalue weighted by molar-refractivity contribution is 6.48. The zero-order valence-electron chi connectivity index (χ0n) is 19.9. The zero-order chi connectivity index (χ0) is 30.9. The number of benzene rings is 3. The molecule has 0 spiro atoms. The van der Waals surface area contributed by atoms with Crippen molar-refractivity contribution in [2.24, 2.45) is 0 Å². The summed E-state index contributed by atoms with van der Waals surface area (Å²) in [6.45, 7) is -0.791. The lowest BCUT2D eigenvalue weighted by molar-refractivity contribution is -0.140. The molecule has 0 radical (unpaired) electrons. The van der Waals surface area contributed by atoms with Gasteiger partial charge in [0.05, 0.1) is 32.7 Å². The molecule has 0 amide bonds. The molecule has 15 heteroatoms. The lowest BCUT2D eigenvalue weighted by Gasteiger charge is -2.19. The number of anilines is 1. The van der Waals surface area contributed by atoms with E-state index in [4.69, 9.17) is 34.8 Å². The molecule has 1 N–H and O–H groups in total. The second-order valence-corrected chi connectivity index (χ2v) is 9.63. The van der Waals surface area contributed by atoms with E-state index in [1.54, 1.807) is 0 Å². The number of rotatable bonds is 7. The van der Waals surface area contributed by atoms with Crippen LogP contribution in [0.3, 0.4) is 0 Å². The molecular weight excluding hydrogens is 639 g/mol. The van der Waals surface area contributed by atoms with Crippen LogP contribution in [0.5, 0.6) is 0 Å². The molecule has 1 unspecified atom stereocenters. The molecule has 0 aliphatic rings. The minimum absolute atomic E-state index is 0.00824. The Bertz CT molecular complexity index is 1440. The van der Waals surface area contributed by atoms with E-state index < -0.39 is 70.4 Å². The predicted molar refractivity (Wildman–Crippen MR) is 135 cm³/mol. The van der Waals surface area contributed by atoms with Gasteiger partial charge in [-0.3, -0.25) is 4.79 Å². The van der Waals surface area contributed by atoms with Crippen LogP contribution in [0.1, 0.15) is 38.5 Å². The molecule has 2 nitrogen and oxygen atoms in total. The fraction of sp³-hybridized carbons (Fsp3) is 0.192. The summed E-state index contributed by atoms with van der Waals surface area (Å²) in [5, 5.41) is 1.38. The Morgan fingerprint density at radius 2 is 1.37 bits per heavy atom. The molecule has 3 aromatic carbocycles. The summed E-state index contributed by atoms with van der Waals surface area (Å²) >= 11 is 17.3. The average Bonchev–Trinajstić information content (AvgIpc) is 2.86. The van der Waals surface area contributed by atoms with Crippen LogP contribution in [-0.4, -0.2) is 18.5 Å². The van der Waals surface area contributed by atoms with Crippen LogP contribution in [0.15, 0.2) is 60.7 Å². The van der Waals surface area contributed by atoms with E-state index in [-0.39, 0.29) is 32.9 Å². The smallest absolute Gasteiger partial charge is 0.378 e. The van der Waals surface area contributed by atoms with Gasteiger partial charge in [0.2, 0.25) is 0 Å². The Hall–Kier alpha value is -2.96. The average molecular weight is 653 g/mol. The zero-order valence-corrected chi connectivity index (χ0v) is 22.1. The van der Waals surface area contributed by atoms with Gasteiger partial charge in [-0.15, -0.1) is 0 Å². The van der Waals surface area contributed by atoms with Crippen molar-refractivity contribution < 1.29 is 48.7 Å². The van der Waals surface area contributed by atoms with Crippen molar-refractivity contribution in [3.63, 3.8) is 0 Å². The first-order chi connectivity index (χ1) is 18.8. The van der Waals surface area contributed by atoms with E-state index in [1.165, 1.54) is 0 Å². The largest absolute Gasteiger partial charge is 0.417 e. The third kappa shape index (κ3) is 8.08. The third-order valence-electron chi connectivity index (χ3n) is 5.60. The number of carbonyl (C=O) groups excluding carboxylic acids is 1. The summed E-state index contributed by atoms with van der Waals surface area (Å²) in [5.74, 6) is -5.55. The monoisotopic (exact) mass is 651 g/mol. The van der Waals surface area contributed by atoms with Gasteiger partial charge >= 0.3 is 18.5 Å². The van der Waals surface area contributed by atoms with E-state index >= 15 is 0 Å². The molecule has 0 aliphatic carbocycles. The molecular formula is C26H14Cl3F10NO. The van der Waals surface area contributed by atoms with Gasteiger partial charge in [-0.1, -0.05) is 46.9 Å². The van der Waals surface area contributed by atoms with Gasteiger partial charge in [0.1, 0.15) is 11.7 Å². The van der Waals surface area contributed by atoms with Gasteiger partial charge in [-0.05, 0) is 54.1 Å². The Balaban J connectivity index is 1.93. The second kappa shape index (κ2) is 12.1. The first kappa shape index (κ1) is 32.6. The highest BCUT2D eigenvalue weighted by atomic mass is 35.5. The fourth-order valence-corrected chi connectivity index (χ4v) is 4.22. The summed E-state index contributed by atoms with van der Waals surface area (Å²) in [6, 6.07) is 6.31. The molecule has 1 atom stereocenters. The van der Waals surface area contributed by atoms with E-state index in [9.17, 15) is 48.7 Å². The van der Waals surface area contributed by atoms with Crippen molar-refractivity contribution in [1.29, 1.82) is 0 Å². The van der Waals surface area contributed by atoms with Gasteiger partial charge in [0, 0.05) is 16.8 Å². The molecule has 3 rings (SSSR count). The van der Waals surface area contributed by atoms with Gasteiger partial charge in [0.15, 0.2) is 5.78 Å². The second-order valence-electron chi connectivity index (χ2n) is 8.44. The van der Waals surface area contributed by atoms with E-state index in [2.05, 4.69) is 5.32 Å². The van der Waals surface area contributed by atoms with Gasteiger partial charge < -0.3 is 5.32 Å². The van der Waals surface area contributed by atoms with Crippen molar-refractivity contribution in [2.45, 2.75) is 24.4 Å². The summed E-state index contributed by atoms with van der Waals surface area (Å²) < 4.78 is 136. The number of allylic oxidation sites excluding steroid dienone is 1. The van der Waals surface area contributed by atoms with Crippen LogP contribution in [-0.2, 0) is 12.4 Å². The summed E-state index contributed by atoms with van der Waals surface area (Å²) in [7, 11) is 0. The molecule has 0 aromatic heterocycles. The Morgan fingerprint density at radius 1 is 0.805 bits per heavy atom. The first-order valence-electron chi connectivity index (χ1n) is 11.0. The van der Waals surface area contributed by atoms with Crippen molar-refractivity contribution in [1.82, 2.24) is 0 Å². The maximum Gasteiger partial charge on any atom is 0.417 e. The number of halogens is 13. The molecule has 41 heavy (non-hydrogen) atoms. The highest BCUT2D eigenvalue weighted by Gasteiger charge is 2.41. The van der Waals surface area contributed by atoms with Crippen LogP contribution in [0.4, 0.5) is 49.6 Å². The number of nitrogens with one attached hydrogen (secondary N) is 1. The predicted octanol–water partition coefficient (Wildman–Crippen LogP) is 10.6. The van der Waals surface area contributed by atoms with Gasteiger partial charge in [-0.25, -0.2) is 4.39 Å². The highest BCUT2D eigenvalue weighted by Crippen LogP contribution is 2.43. The number of carbonyl (C=O) groups is 1. The van der Waals surface area contributed by atoms with Gasteiger partial charge in [-0.2, -0.15) is 39.5 Å². The van der Waals surface area contributed by atoms with Crippen molar-refractivity contribution in [2.75, 3.05) is 11.9 Å². The SMILES string of the molecule is O=C(CNc1ccc(C(F)(F)F)cc1)c1ccc(/C(F)=C/C(c2cc(Cl)c(Cl)c(Cl)c2)C(F)(F)F)cc1C(F)(F)F. The number of hydrogen-bond acceptors (Lipinski definition) is 2.